The molecule has 0 atom stereocenters. The molecule has 0 aliphatic heterocycles. The van der Waals surface area contributed by atoms with E-state index in [-0.39, 0.29) is 56.1 Å². The van der Waals surface area contributed by atoms with E-state index in [0.29, 0.717) is 11.5 Å². The van der Waals surface area contributed by atoms with Crippen LogP contribution < -0.4 is 9.47 Å². The number of ether oxygens (including phenoxy) is 2. The number of benzene rings is 1. The van der Waals surface area contributed by atoms with E-state index in [2.05, 4.69) is 0 Å². The predicted molar refractivity (Wildman–Crippen MR) is 78.5 cm³/mol. The van der Waals surface area contributed by atoms with Crippen LogP contribution in [0.3, 0.4) is 0 Å². The van der Waals surface area contributed by atoms with Gasteiger partial charge >= 0.3 is 0 Å². The summed E-state index contributed by atoms with van der Waals surface area (Å²) in [5.41, 5.74) is 0. The number of aliphatic hydroxyl groups excluding tert-OH is 2. The van der Waals surface area contributed by atoms with E-state index in [1.165, 1.54) is 0 Å². The fraction of sp³-hybridized carbons (Fsp3) is 0.571. The summed E-state index contributed by atoms with van der Waals surface area (Å²) in [5, 5.41) is 17.0. The van der Waals surface area contributed by atoms with Crippen LogP contribution in [0.1, 0.15) is 29.7 Å². The van der Waals surface area contributed by atoms with Gasteiger partial charge in [-0.25, -0.2) is 0 Å². The summed E-state index contributed by atoms with van der Waals surface area (Å²) in [6, 6.07) is 7.01. The van der Waals surface area contributed by atoms with Gasteiger partial charge in [0.1, 0.15) is 24.7 Å². The molecule has 0 aromatic heterocycles. The first-order valence-electron chi connectivity index (χ1n) is 4.44. The van der Waals surface area contributed by atoms with E-state index >= 15 is 0 Å². The number of hydrogen-bond acceptors (Lipinski definition) is 4. The van der Waals surface area contributed by atoms with Crippen LogP contribution in [0.15, 0.2) is 24.3 Å². The van der Waals surface area contributed by atoms with Gasteiger partial charge in [0.15, 0.2) is 0 Å². The summed E-state index contributed by atoms with van der Waals surface area (Å²) in [6.07, 6.45) is 0. The lowest BCUT2D eigenvalue weighted by Gasteiger charge is -2.06. The minimum atomic E-state index is 0. The number of aliphatic hydroxyl groups is 2. The van der Waals surface area contributed by atoms with Gasteiger partial charge in [-0.05, 0) is 24.3 Å². The molecule has 1 aromatic rings. The smallest absolute Gasteiger partial charge is 0.119 e. The first-order chi connectivity index (χ1) is 6.86. The molecule has 0 aliphatic rings. The van der Waals surface area contributed by atoms with Crippen molar-refractivity contribution in [2.24, 2.45) is 0 Å². The molecule has 0 saturated heterocycles. The molecular weight excluding hydrogens is 232 g/mol. The molecule has 0 bridgehead atoms. The summed E-state index contributed by atoms with van der Waals surface area (Å²) in [6.45, 7) is 0.583. The third-order valence-corrected chi connectivity index (χ3v) is 1.54. The molecule has 0 heterocycles. The lowest BCUT2D eigenvalue weighted by atomic mass is 10.3. The number of hydrogen-bond donors (Lipinski definition) is 2. The molecule has 0 fully saturated rings. The molecule has 110 valence electrons. The van der Waals surface area contributed by atoms with E-state index in [1.807, 2.05) is 0 Å². The Labute approximate surface area is 112 Å². The van der Waals surface area contributed by atoms with Crippen LogP contribution in [-0.2, 0) is 0 Å². The summed E-state index contributed by atoms with van der Waals surface area (Å²) in [5.74, 6) is 1.38. The minimum Gasteiger partial charge on any atom is -0.491 e. The maximum atomic E-state index is 8.52. The average Bonchev–Trinajstić information content (AvgIpc) is 2.25. The highest BCUT2D eigenvalue weighted by Crippen LogP contribution is 2.17. The quantitative estimate of drug-likeness (QED) is 0.827. The normalized spacial score (nSPS) is 7.67. The average molecular weight is 262 g/mol. The van der Waals surface area contributed by atoms with Crippen LogP contribution >= 0.6 is 0 Å². The van der Waals surface area contributed by atoms with E-state index in [1.54, 1.807) is 24.3 Å². The van der Waals surface area contributed by atoms with Crippen molar-refractivity contribution in [3.05, 3.63) is 24.3 Å². The Morgan fingerprint density at radius 2 is 0.944 bits per heavy atom. The lowest BCUT2D eigenvalue weighted by molar-refractivity contribution is 0.198. The van der Waals surface area contributed by atoms with Gasteiger partial charge in [-0.1, -0.05) is 29.7 Å². The van der Waals surface area contributed by atoms with Crippen LogP contribution in [0.25, 0.3) is 0 Å². The molecule has 4 heteroatoms. The molecule has 0 spiro atoms. The maximum absolute atomic E-state index is 8.52. The van der Waals surface area contributed by atoms with Crippen molar-refractivity contribution in [1.29, 1.82) is 0 Å². The molecule has 0 amide bonds. The van der Waals surface area contributed by atoms with Crippen LogP contribution in [0.4, 0.5) is 0 Å². The van der Waals surface area contributed by atoms with Crippen molar-refractivity contribution >= 4 is 0 Å². The van der Waals surface area contributed by atoms with Crippen molar-refractivity contribution < 1.29 is 19.7 Å². The highest BCUT2D eigenvalue weighted by Gasteiger charge is 1.95. The first kappa shape index (κ1) is 25.6. The topological polar surface area (TPSA) is 58.9 Å². The van der Waals surface area contributed by atoms with Gasteiger partial charge in [0.05, 0.1) is 13.2 Å². The van der Waals surface area contributed by atoms with Crippen molar-refractivity contribution in [2.75, 3.05) is 26.4 Å². The van der Waals surface area contributed by atoms with E-state index in [4.69, 9.17) is 19.7 Å². The Bertz CT molecular complexity index is 219. The molecule has 0 saturated carbocycles. The second-order valence-corrected chi connectivity index (χ2v) is 2.62. The summed E-state index contributed by atoms with van der Waals surface area (Å²) < 4.78 is 10.3. The summed E-state index contributed by atoms with van der Waals surface area (Å²) >= 11 is 0. The third kappa shape index (κ3) is 9.93. The van der Waals surface area contributed by atoms with Gasteiger partial charge in [-0.2, -0.15) is 0 Å². The highest BCUT2D eigenvalue weighted by atomic mass is 16.5. The standard InChI is InChI=1S/C10H14O4.4CH4/c11-5-7-13-9-1-2-10(4-3-9)14-8-6-12;;;;/h1-4,11-12H,5-8H2;4*1H4. The molecule has 0 unspecified atom stereocenters. The lowest BCUT2D eigenvalue weighted by Crippen LogP contribution is -2.03. The van der Waals surface area contributed by atoms with Gasteiger partial charge in [-0.3, -0.25) is 0 Å². The molecule has 0 radical (unpaired) electrons. The van der Waals surface area contributed by atoms with Crippen LogP contribution in [0.2, 0.25) is 0 Å². The monoisotopic (exact) mass is 262 g/mol. The van der Waals surface area contributed by atoms with E-state index in [9.17, 15) is 0 Å². The van der Waals surface area contributed by atoms with Crippen molar-refractivity contribution in [2.45, 2.75) is 29.7 Å². The molecule has 1 aromatic carbocycles. The Morgan fingerprint density at radius 3 is 1.17 bits per heavy atom. The van der Waals surface area contributed by atoms with Gasteiger partial charge in [0.25, 0.3) is 0 Å². The molecule has 0 aliphatic carbocycles. The van der Waals surface area contributed by atoms with Gasteiger partial charge in [0.2, 0.25) is 0 Å². The predicted octanol–water partition coefficient (Wildman–Crippen LogP) is 2.97. The summed E-state index contributed by atoms with van der Waals surface area (Å²) in [7, 11) is 0. The van der Waals surface area contributed by atoms with Crippen LogP contribution in [0, 0.1) is 0 Å². The Balaban J connectivity index is -0.000000245. The SMILES string of the molecule is C.C.C.C.OCCOc1ccc(OCCO)cc1. The molecule has 18 heavy (non-hydrogen) atoms. The van der Waals surface area contributed by atoms with Crippen molar-refractivity contribution in [3.63, 3.8) is 0 Å². The Hall–Kier alpha value is -1.26. The first-order valence-corrected chi connectivity index (χ1v) is 4.44. The fourth-order valence-corrected chi connectivity index (χ4v) is 0.959. The second-order valence-electron chi connectivity index (χ2n) is 2.62. The third-order valence-electron chi connectivity index (χ3n) is 1.54. The molecular formula is C14H30O4. The zero-order valence-corrected chi connectivity index (χ0v) is 7.85. The van der Waals surface area contributed by atoms with E-state index < -0.39 is 0 Å². The van der Waals surface area contributed by atoms with Gasteiger partial charge in [0, 0.05) is 0 Å². The number of rotatable bonds is 6. The fourth-order valence-electron chi connectivity index (χ4n) is 0.959. The van der Waals surface area contributed by atoms with Crippen LogP contribution in [0.5, 0.6) is 11.5 Å². The molecule has 4 nitrogen and oxygen atoms in total. The Morgan fingerprint density at radius 1 is 0.667 bits per heavy atom. The van der Waals surface area contributed by atoms with E-state index in [0.717, 1.165) is 0 Å². The zero-order valence-electron chi connectivity index (χ0n) is 7.85. The summed E-state index contributed by atoms with van der Waals surface area (Å²) in [4.78, 5) is 0. The van der Waals surface area contributed by atoms with Gasteiger partial charge in [-0.15, -0.1) is 0 Å². The molecule has 1 rings (SSSR count). The van der Waals surface area contributed by atoms with Crippen molar-refractivity contribution in [1.82, 2.24) is 0 Å². The zero-order chi connectivity index (χ0) is 10.2. The minimum absolute atomic E-state index is 0. The second kappa shape index (κ2) is 15.7. The maximum Gasteiger partial charge on any atom is 0.119 e. The Kier molecular flexibility index (Phi) is 22.3. The largest absolute Gasteiger partial charge is 0.491 e. The molecule has 2 N–H and O–H groups in total. The van der Waals surface area contributed by atoms with Crippen molar-refractivity contribution in [3.8, 4) is 11.5 Å². The van der Waals surface area contributed by atoms with Gasteiger partial charge < -0.3 is 19.7 Å². The highest BCUT2D eigenvalue weighted by molar-refractivity contribution is 5.31. The van der Waals surface area contributed by atoms with Crippen LogP contribution in [-0.4, -0.2) is 36.6 Å².